The van der Waals surface area contributed by atoms with Gasteiger partial charge >= 0.3 is 5.97 Å². The normalized spacial score (nSPS) is 27.1. The molecule has 0 aliphatic heterocycles. The van der Waals surface area contributed by atoms with Crippen LogP contribution >= 0.6 is 38.5 Å². The molecule has 0 aromatic heterocycles. The fourth-order valence-corrected chi connectivity index (χ4v) is 5.87. The summed E-state index contributed by atoms with van der Waals surface area (Å²) in [6.07, 6.45) is 5.14. The van der Waals surface area contributed by atoms with Gasteiger partial charge in [-0.1, -0.05) is 46.3 Å². The maximum atomic E-state index is 12.2. The van der Waals surface area contributed by atoms with E-state index in [4.69, 9.17) is 0 Å². The molecule has 0 amide bonds. The zero-order valence-electron chi connectivity index (χ0n) is 14.1. The van der Waals surface area contributed by atoms with Crippen LogP contribution in [0.3, 0.4) is 0 Å². The number of benzene rings is 2. The van der Waals surface area contributed by atoms with Crippen LogP contribution in [0.4, 0.5) is 5.69 Å². The van der Waals surface area contributed by atoms with E-state index in [1.807, 2.05) is 24.3 Å². The van der Waals surface area contributed by atoms with Gasteiger partial charge in [-0.25, -0.2) is 4.79 Å². The lowest BCUT2D eigenvalue weighted by atomic mass is 9.65. The molecule has 0 radical (unpaired) electrons. The number of rotatable bonds is 3. The van der Waals surface area contributed by atoms with Crippen molar-refractivity contribution in [2.75, 3.05) is 5.32 Å². The fraction of sp³-hybridized carbons (Fsp3) is 0.286. The third-order valence-electron chi connectivity index (χ3n) is 5.79. The number of hydrogen-bond donors (Lipinski definition) is 2. The highest BCUT2D eigenvalue weighted by Gasteiger charge is 2.51. The van der Waals surface area contributed by atoms with Gasteiger partial charge in [-0.2, -0.15) is 0 Å². The molecule has 134 valence electrons. The first kappa shape index (κ1) is 18.0. The van der Waals surface area contributed by atoms with Gasteiger partial charge in [0, 0.05) is 19.2 Å². The average molecular weight is 524 g/mol. The molecule has 4 rings (SSSR count). The van der Waals surface area contributed by atoms with Gasteiger partial charge in [0.15, 0.2) is 0 Å². The molecule has 2 aromatic carbocycles. The van der Waals surface area contributed by atoms with Crippen LogP contribution in [0.2, 0.25) is 0 Å². The molecule has 0 saturated heterocycles. The number of anilines is 1. The summed E-state index contributed by atoms with van der Waals surface area (Å²) in [6.45, 7) is 0. The highest BCUT2D eigenvalue weighted by Crippen LogP contribution is 2.55. The van der Waals surface area contributed by atoms with Crippen molar-refractivity contribution in [3.05, 3.63) is 67.7 Å². The second kappa shape index (κ2) is 6.68. The van der Waals surface area contributed by atoms with Crippen molar-refractivity contribution in [1.82, 2.24) is 0 Å². The topological polar surface area (TPSA) is 49.3 Å². The number of carbonyl (C=O) groups is 1. The SMILES string of the molecule is O=C(O)C1(Nc2cccc(Br)c2)CCC2(CC1)C(I)=Cc1ccccc12. The molecular formula is C21H19BrINO2. The standard InChI is InChI=1S/C21H19BrINO2/c22-15-5-3-6-16(13-15)24-21(19(25)26)10-8-20(9-11-21)17-7-2-1-4-14(17)12-18(20)23/h1-7,12-13,24H,8-11H2,(H,25,26). The second-order valence-corrected chi connectivity index (χ2v) is 9.26. The van der Waals surface area contributed by atoms with Gasteiger partial charge in [0.05, 0.1) is 0 Å². The van der Waals surface area contributed by atoms with Crippen LogP contribution in [-0.4, -0.2) is 16.6 Å². The van der Waals surface area contributed by atoms with Gasteiger partial charge in [0.2, 0.25) is 0 Å². The minimum absolute atomic E-state index is 0.0188. The molecule has 1 spiro atoms. The molecule has 2 aliphatic carbocycles. The van der Waals surface area contributed by atoms with Gasteiger partial charge in [-0.05, 0) is 83.7 Å². The Labute approximate surface area is 175 Å². The Bertz CT molecular complexity index is 900. The van der Waals surface area contributed by atoms with Gasteiger partial charge < -0.3 is 10.4 Å². The highest BCUT2D eigenvalue weighted by atomic mass is 127. The second-order valence-electron chi connectivity index (χ2n) is 7.18. The minimum Gasteiger partial charge on any atom is -0.480 e. The van der Waals surface area contributed by atoms with Crippen molar-refractivity contribution in [2.45, 2.75) is 36.6 Å². The number of carboxylic acids is 1. The number of halogens is 2. The first-order valence-corrected chi connectivity index (χ1v) is 10.6. The lowest BCUT2D eigenvalue weighted by Crippen LogP contribution is -2.51. The molecule has 1 fully saturated rings. The summed E-state index contributed by atoms with van der Waals surface area (Å²) in [7, 11) is 0. The predicted octanol–water partition coefficient (Wildman–Crippen LogP) is 5.99. The summed E-state index contributed by atoms with van der Waals surface area (Å²) < 4.78 is 2.27. The summed E-state index contributed by atoms with van der Waals surface area (Å²) in [5.41, 5.74) is 2.54. The molecule has 2 N–H and O–H groups in total. The van der Waals surface area contributed by atoms with Crippen molar-refractivity contribution in [3.63, 3.8) is 0 Å². The van der Waals surface area contributed by atoms with Crippen molar-refractivity contribution in [3.8, 4) is 0 Å². The number of allylic oxidation sites excluding steroid dienone is 1. The van der Waals surface area contributed by atoms with Crippen LogP contribution in [0.25, 0.3) is 6.08 Å². The summed E-state index contributed by atoms with van der Waals surface area (Å²) in [6, 6.07) is 16.2. The fourth-order valence-electron chi connectivity index (χ4n) is 4.31. The van der Waals surface area contributed by atoms with Crippen LogP contribution in [0.1, 0.15) is 36.8 Å². The monoisotopic (exact) mass is 523 g/mol. The maximum absolute atomic E-state index is 12.2. The molecule has 5 heteroatoms. The molecule has 0 bridgehead atoms. The maximum Gasteiger partial charge on any atom is 0.329 e. The van der Waals surface area contributed by atoms with Gasteiger partial charge in [0.1, 0.15) is 5.54 Å². The number of nitrogens with one attached hydrogen (secondary N) is 1. The van der Waals surface area contributed by atoms with Gasteiger partial charge in [-0.3, -0.25) is 0 Å². The van der Waals surface area contributed by atoms with Crippen LogP contribution in [0.5, 0.6) is 0 Å². The quantitative estimate of drug-likeness (QED) is 0.486. The number of aliphatic carboxylic acids is 1. The third-order valence-corrected chi connectivity index (χ3v) is 7.63. The first-order valence-electron chi connectivity index (χ1n) is 8.70. The molecule has 0 heterocycles. The van der Waals surface area contributed by atoms with E-state index < -0.39 is 11.5 Å². The van der Waals surface area contributed by atoms with Crippen molar-refractivity contribution >= 4 is 56.3 Å². The predicted molar refractivity (Wildman–Crippen MR) is 117 cm³/mol. The van der Waals surface area contributed by atoms with Gasteiger partial charge in [0.25, 0.3) is 0 Å². The molecule has 2 aliphatic rings. The first-order chi connectivity index (χ1) is 12.5. The van der Waals surface area contributed by atoms with Crippen LogP contribution in [0.15, 0.2) is 56.6 Å². The van der Waals surface area contributed by atoms with Crippen LogP contribution in [0, 0.1) is 0 Å². The van der Waals surface area contributed by atoms with E-state index in [0.717, 1.165) is 23.0 Å². The molecule has 1 saturated carbocycles. The third kappa shape index (κ3) is 2.89. The average Bonchev–Trinajstić information content (AvgIpc) is 2.89. The molecule has 26 heavy (non-hydrogen) atoms. The van der Waals surface area contributed by atoms with E-state index in [2.05, 4.69) is 74.2 Å². The van der Waals surface area contributed by atoms with E-state index in [1.54, 1.807) is 0 Å². The lowest BCUT2D eigenvalue weighted by Gasteiger charge is -2.44. The summed E-state index contributed by atoms with van der Waals surface area (Å²) in [4.78, 5) is 12.2. The molecule has 3 nitrogen and oxygen atoms in total. The van der Waals surface area contributed by atoms with E-state index in [9.17, 15) is 9.90 Å². The Morgan fingerprint density at radius 3 is 2.50 bits per heavy atom. The number of carboxylic acid groups (broad SMARTS) is 1. The molecule has 0 atom stereocenters. The van der Waals surface area contributed by atoms with Crippen molar-refractivity contribution < 1.29 is 9.90 Å². The Morgan fingerprint density at radius 2 is 1.81 bits per heavy atom. The van der Waals surface area contributed by atoms with Crippen LogP contribution in [-0.2, 0) is 10.2 Å². The number of hydrogen-bond acceptors (Lipinski definition) is 2. The summed E-state index contributed by atoms with van der Waals surface area (Å²) >= 11 is 5.90. The van der Waals surface area contributed by atoms with Crippen LogP contribution < -0.4 is 5.32 Å². The molecule has 2 aromatic rings. The van der Waals surface area contributed by atoms with E-state index in [0.29, 0.717) is 12.8 Å². The zero-order chi connectivity index (χ0) is 18.4. The zero-order valence-corrected chi connectivity index (χ0v) is 17.9. The highest BCUT2D eigenvalue weighted by molar-refractivity contribution is 14.1. The number of fused-ring (bicyclic) bond motifs is 2. The Kier molecular flexibility index (Phi) is 4.63. The Hall–Kier alpha value is -1.34. The van der Waals surface area contributed by atoms with E-state index in [-0.39, 0.29) is 5.41 Å². The minimum atomic E-state index is -0.916. The van der Waals surface area contributed by atoms with E-state index in [1.165, 1.54) is 14.7 Å². The smallest absolute Gasteiger partial charge is 0.329 e. The Balaban J connectivity index is 1.63. The van der Waals surface area contributed by atoms with Crippen molar-refractivity contribution in [2.24, 2.45) is 0 Å². The Morgan fingerprint density at radius 1 is 1.08 bits per heavy atom. The largest absolute Gasteiger partial charge is 0.480 e. The summed E-state index contributed by atoms with van der Waals surface area (Å²) in [5, 5.41) is 13.3. The van der Waals surface area contributed by atoms with Gasteiger partial charge in [-0.15, -0.1) is 0 Å². The summed E-state index contributed by atoms with van der Waals surface area (Å²) in [5.74, 6) is -0.766. The van der Waals surface area contributed by atoms with E-state index >= 15 is 0 Å². The lowest BCUT2D eigenvalue weighted by molar-refractivity contribution is -0.143. The van der Waals surface area contributed by atoms with Crippen molar-refractivity contribution in [1.29, 1.82) is 0 Å². The molecular weight excluding hydrogens is 505 g/mol. The molecule has 0 unspecified atom stereocenters.